The van der Waals surface area contributed by atoms with Gasteiger partial charge in [0.1, 0.15) is 11.9 Å². The SMILES string of the molecule is O=C(C1Cc2c(Cl)cc(F)cc2N1)N1CCc2nc(NC3CC(O)C3)sc2C1. The standard InChI is InChI=1S/C19H20ClFN4O2S/c20-13-3-9(21)4-15-12(13)7-16(23-15)18(27)25-2-1-14-17(8-25)28-19(24-14)22-10-5-11(26)6-10/h3-4,10-11,16,23,26H,1-2,5-8H2,(H,22,24). The Bertz CT molecular complexity index is 946. The third-order valence-corrected chi connectivity index (χ3v) is 7.03. The summed E-state index contributed by atoms with van der Waals surface area (Å²) < 4.78 is 13.6. The van der Waals surface area contributed by atoms with Crippen LogP contribution in [0.2, 0.25) is 5.02 Å². The minimum absolute atomic E-state index is 0.00310. The molecule has 1 aromatic heterocycles. The Hall–Kier alpha value is -1.90. The highest BCUT2D eigenvalue weighted by molar-refractivity contribution is 7.15. The van der Waals surface area contributed by atoms with Crippen LogP contribution >= 0.6 is 22.9 Å². The molecule has 0 saturated heterocycles. The second-order valence-electron chi connectivity index (χ2n) is 7.68. The largest absolute Gasteiger partial charge is 0.393 e. The number of thiazole rings is 1. The van der Waals surface area contributed by atoms with Gasteiger partial charge in [-0.1, -0.05) is 22.9 Å². The Morgan fingerprint density at radius 2 is 2.25 bits per heavy atom. The van der Waals surface area contributed by atoms with Crippen molar-refractivity contribution in [3.05, 3.63) is 39.1 Å². The molecule has 0 spiro atoms. The summed E-state index contributed by atoms with van der Waals surface area (Å²) in [7, 11) is 0. The van der Waals surface area contributed by atoms with Crippen LogP contribution in [0.1, 0.15) is 29.0 Å². The number of fused-ring (bicyclic) bond motifs is 2. The van der Waals surface area contributed by atoms with E-state index in [1.54, 1.807) is 11.3 Å². The van der Waals surface area contributed by atoms with E-state index in [0.717, 1.165) is 40.5 Å². The van der Waals surface area contributed by atoms with Crippen LogP contribution in [0.4, 0.5) is 15.2 Å². The Balaban J connectivity index is 1.25. The van der Waals surface area contributed by atoms with Crippen LogP contribution in [-0.2, 0) is 24.2 Å². The quantitative estimate of drug-likeness (QED) is 0.709. The molecule has 2 aromatic rings. The fourth-order valence-corrected chi connectivity index (χ4v) is 5.46. The number of rotatable bonds is 3. The number of aromatic nitrogens is 1. The maximum absolute atomic E-state index is 13.6. The van der Waals surface area contributed by atoms with E-state index < -0.39 is 11.9 Å². The van der Waals surface area contributed by atoms with Crippen LogP contribution in [0.25, 0.3) is 0 Å². The highest BCUT2D eigenvalue weighted by Crippen LogP contribution is 2.35. The number of halogens is 2. The topological polar surface area (TPSA) is 77.5 Å². The third kappa shape index (κ3) is 3.23. The van der Waals surface area contributed by atoms with Crippen LogP contribution in [-0.4, -0.2) is 45.6 Å². The summed E-state index contributed by atoms with van der Waals surface area (Å²) in [6, 6.07) is 2.54. The maximum atomic E-state index is 13.6. The molecule has 1 saturated carbocycles. The molecule has 2 aliphatic heterocycles. The summed E-state index contributed by atoms with van der Waals surface area (Å²) in [4.78, 5) is 20.6. The Labute approximate surface area is 170 Å². The van der Waals surface area contributed by atoms with Crippen LogP contribution < -0.4 is 10.6 Å². The van der Waals surface area contributed by atoms with Crippen LogP contribution in [0.5, 0.6) is 0 Å². The molecule has 3 N–H and O–H groups in total. The molecule has 1 amide bonds. The Morgan fingerprint density at radius 1 is 1.43 bits per heavy atom. The fourth-order valence-electron chi connectivity index (χ4n) is 4.08. The van der Waals surface area contributed by atoms with E-state index in [4.69, 9.17) is 11.6 Å². The number of aliphatic hydroxyl groups excluding tert-OH is 1. The lowest BCUT2D eigenvalue weighted by Crippen LogP contribution is -2.44. The lowest BCUT2D eigenvalue weighted by Gasteiger charge is -2.31. The molecule has 5 rings (SSSR count). The summed E-state index contributed by atoms with van der Waals surface area (Å²) in [5, 5.41) is 17.1. The number of hydrogen-bond donors (Lipinski definition) is 3. The summed E-state index contributed by atoms with van der Waals surface area (Å²) in [5.74, 6) is -0.404. The van der Waals surface area contributed by atoms with E-state index in [1.165, 1.54) is 12.1 Å². The van der Waals surface area contributed by atoms with Gasteiger partial charge in [0.2, 0.25) is 5.91 Å². The molecule has 148 valence electrons. The van der Waals surface area contributed by atoms with Crippen molar-refractivity contribution in [2.24, 2.45) is 0 Å². The van der Waals surface area contributed by atoms with E-state index in [2.05, 4.69) is 15.6 Å². The zero-order valence-corrected chi connectivity index (χ0v) is 16.6. The van der Waals surface area contributed by atoms with Crippen molar-refractivity contribution in [3.63, 3.8) is 0 Å². The molecular formula is C19H20ClFN4O2S. The number of benzene rings is 1. The molecule has 28 heavy (non-hydrogen) atoms. The Kier molecular flexibility index (Phi) is 4.45. The highest BCUT2D eigenvalue weighted by Gasteiger charge is 2.34. The minimum Gasteiger partial charge on any atom is -0.393 e. The molecule has 1 fully saturated rings. The van der Waals surface area contributed by atoms with Gasteiger partial charge in [-0.05, 0) is 30.5 Å². The number of nitrogens with zero attached hydrogens (tertiary/aromatic N) is 2. The first-order valence-corrected chi connectivity index (χ1v) is 10.6. The van der Waals surface area contributed by atoms with Crippen molar-refractivity contribution >= 4 is 39.7 Å². The smallest absolute Gasteiger partial charge is 0.245 e. The zero-order valence-electron chi connectivity index (χ0n) is 15.0. The molecule has 6 nitrogen and oxygen atoms in total. The van der Waals surface area contributed by atoms with E-state index in [0.29, 0.717) is 30.2 Å². The molecule has 3 heterocycles. The molecule has 0 bridgehead atoms. The van der Waals surface area contributed by atoms with E-state index in [1.807, 2.05) is 4.90 Å². The van der Waals surface area contributed by atoms with Gasteiger partial charge in [-0.3, -0.25) is 4.79 Å². The predicted molar refractivity (Wildman–Crippen MR) is 106 cm³/mol. The normalized spacial score (nSPS) is 25.5. The van der Waals surface area contributed by atoms with Crippen molar-refractivity contribution < 1.29 is 14.3 Å². The number of hydrogen-bond acceptors (Lipinski definition) is 6. The van der Waals surface area contributed by atoms with Gasteiger partial charge in [0.25, 0.3) is 0 Å². The highest BCUT2D eigenvalue weighted by atomic mass is 35.5. The molecule has 3 aliphatic rings. The van der Waals surface area contributed by atoms with Crippen LogP contribution in [0, 0.1) is 5.82 Å². The van der Waals surface area contributed by atoms with Gasteiger partial charge in [0, 0.05) is 41.0 Å². The minimum atomic E-state index is -0.419. The Morgan fingerprint density at radius 3 is 3.04 bits per heavy atom. The molecule has 0 radical (unpaired) electrons. The average Bonchev–Trinajstić information content (AvgIpc) is 3.22. The molecular weight excluding hydrogens is 403 g/mol. The summed E-state index contributed by atoms with van der Waals surface area (Å²) in [5.41, 5.74) is 2.45. The van der Waals surface area contributed by atoms with E-state index in [-0.39, 0.29) is 18.1 Å². The zero-order chi connectivity index (χ0) is 19.4. The lowest BCUT2D eigenvalue weighted by molar-refractivity contribution is -0.132. The molecule has 1 aromatic carbocycles. The third-order valence-electron chi connectivity index (χ3n) is 5.68. The summed E-state index contributed by atoms with van der Waals surface area (Å²) in [6.45, 7) is 1.16. The number of carbonyl (C=O) groups is 1. The van der Waals surface area contributed by atoms with E-state index >= 15 is 0 Å². The summed E-state index contributed by atoms with van der Waals surface area (Å²) >= 11 is 7.71. The molecule has 1 unspecified atom stereocenters. The van der Waals surface area contributed by atoms with Crippen molar-refractivity contribution in [2.75, 3.05) is 17.2 Å². The van der Waals surface area contributed by atoms with Crippen molar-refractivity contribution in [2.45, 2.75) is 50.4 Å². The van der Waals surface area contributed by atoms with Crippen molar-refractivity contribution in [3.8, 4) is 0 Å². The van der Waals surface area contributed by atoms with Crippen molar-refractivity contribution in [1.29, 1.82) is 0 Å². The monoisotopic (exact) mass is 422 g/mol. The van der Waals surface area contributed by atoms with E-state index in [9.17, 15) is 14.3 Å². The number of anilines is 2. The van der Waals surface area contributed by atoms with Gasteiger partial charge in [0.05, 0.1) is 18.3 Å². The number of aliphatic hydroxyl groups is 1. The predicted octanol–water partition coefficient (Wildman–Crippen LogP) is 2.79. The number of carbonyl (C=O) groups excluding carboxylic acids is 1. The van der Waals surface area contributed by atoms with Crippen LogP contribution in [0.15, 0.2) is 12.1 Å². The number of nitrogens with one attached hydrogen (secondary N) is 2. The van der Waals surface area contributed by atoms with Gasteiger partial charge < -0.3 is 20.6 Å². The van der Waals surface area contributed by atoms with Crippen molar-refractivity contribution in [1.82, 2.24) is 9.88 Å². The van der Waals surface area contributed by atoms with Gasteiger partial charge >= 0.3 is 0 Å². The molecule has 1 atom stereocenters. The van der Waals surface area contributed by atoms with Gasteiger partial charge in [0.15, 0.2) is 5.13 Å². The molecule has 1 aliphatic carbocycles. The average molecular weight is 423 g/mol. The second kappa shape index (κ2) is 6.86. The fraction of sp³-hybridized carbons (Fsp3) is 0.474. The first-order chi connectivity index (χ1) is 13.5. The molecule has 9 heteroatoms. The number of amides is 1. The van der Waals surface area contributed by atoms with Gasteiger partial charge in [-0.2, -0.15) is 0 Å². The first kappa shape index (κ1) is 18.1. The first-order valence-electron chi connectivity index (χ1n) is 9.42. The lowest BCUT2D eigenvalue weighted by atomic mass is 9.90. The second-order valence-corrected chi connectivity index (χ2v) is 9.17. The van der Waals surface area contributed by atoms with Gasteiger partial charge in [-0.25, -0.2) is 9.37 Å². The van der Waals surface area contributed by atoms with Gasteiger partial charge in [-0.15, -0.1) is 0 Å². The maximum Gasteiger partial charge on any atom is 0.245 e. The summed E-state index contributed by atoms with van der Waals surface area (Å²) in [6.07, 6.45) is 2.50. The van der Waals surface area contributed by atoms with Crippen LogP contribution in [0.3, 0.4) is 0 Å².